The van der Waals surface area contributed by atoms with Gasteiger partial charge in [-0.3, -0.25) is 4.98 Å². The molecule has 1 atom stereocenters. The van der Waals surface area contributed by atoms with Crippen LogP contribution in [0.25, 0.3) is 0 Å². The SMILES string of the molecule is Cc1csc(C(N)c2cncc(OC(C)C)c2)c1Cl. The van der Waals surface area contributed by atoms with Crippen molar-refractivity contribution in [3.63, 3.8) is 0 Å². The highest BCUT2D eigenvalue weighted by molar-refractivity contribution is 7.10. The van der Waals surface area contributed by atoms with Crippen molar-refractivity contribution in [1.29, 1.82) is 0 Å². The molecule has 2 rings (SSSR count). The van der Waals surface area contributed by atoms with Crippen molar-refractivity contribution in [3.05, 3.63) is 44.9 Å². The molecule has 5 heteroatoms. The molecule has 3 nitrogen and oxygen atoms in total. The van der Waals surface area contributed by atoms with Crippen LogP contribution in [-0.2, 0) is 0 Å². The summed E-state index contributed by atoms with van der Waals surface area (Å²) in [5.74, 6) is 0.729. The predicted octanol–water partition coefficient (Wildman–Crippen LogP) is 3.94. The van der Waals surface area contributed by atoms with Gasteiger partial charge in [-0.05, 0) is 43.3 Å². The van der Waals surface area contributed by atoms with Gasteiger partial charge in [0.25, 0.3) is 0 Å². The molecular weight excluding hydrogens is 280 g/mol. The lowest BCUT2D eigenvalue weighted by Gasteiger charge is -2.14. The van der Waals surface area contributed by atoms with E-state index in [1.165, 1.54) is 0 Å². The molecule has 0 amide bonds. The second kappa shape index (κ2) is 5.90. The molecule has 0 bridgehead atoms. The molecule has 1 unspecified atom stereocenters. The average Bonchev–Trinajstić information content (AvgIpc) is 2.69. The van der Waals surface area contributed by atoms with Crippen molar-refractivity contribution >= 4 is 22.9 Å². The van der Waals surface area contributed by atoms with Gasteiger partial charge < -0.3 is 10.5 Å². The Kier molecular flexibility index (Phi) is 4.45. The van der Waals surface area contributed by atoms with Crippen molar-refractivity contribution in [2.45, 2.75) is 32.9 Å². The first-order valence-corrected chi connectivity index (χ1v) is 7.35. The zero-order valence-corrected chi connectivity index (χ0v) is 12.8. The Morgan fingerprint density at radius 1 is 1.37 bits per heavy atom. The molecule has 19 heavy (non-hydrogen) atoms. The standard InChI is InChI=1S/C14H17ClN2OS/c1-8(2)18-11-4-10(5-17-6-11)13(16)14-12(15)9(3)7-19-14/h4-8,13H,16H2,1-3H3. The summed E-state index contributed by atoms with van der Waals surface area (Å²) in [5, 5.41) is 2.76. The number of nitrogens with two attached hydrogens (primary N) is 1. The van der Waals surface area contributed by atoms with Gasteiger partial charge in [0.15, 0.2) is 0 Å². The van der Waals surface area contributed by atoms with Gasteiger partial charge in [0, 0.05) is 11.1 Å². The van der Waals surface area contributed by atoms with Crippen molar-refractivity contribution in [2.75, 3.05) is 0 Å². The molecule has 0 aromatic carbocycles. The lowest BCUT2D eigenvalue weighted by molar-refractivity contribution is 0.241. The molecule has 0 saturated heterocycles. The van der Waals surface area contributed by atoms with E-state index in [4.69, 9.17) is 22.1 Å². The third-order valence-electron chi connectivity index (χ3n) is 2.67. The Labute approximate surface area is 122 Å². The second-order valence-electron chi connectivity index (χ2n) is 4.70. The summed E-state index contributed by atoms with van der Waals surface area (Å²) in [6.07, 6.45) is 3.56. The number of nitrogens with zero attached hydrogens (tertiary/aromatic N) is 1. The highest BCUT2D eigenvalue weighted by Crippen LogP contribution is 2.34. The van der Waals surface area contributed by atoms with Crippen LogP contribution in [0, 0.1) is 6.92 Å². The number of rotatable bonds is 4. The number of ether oxygens (including phenoxy) is 1. The van der Waals surface area contributed by atoms with E-state index in [-0.39, 0.29) is 12.1 Å². The van der Waals surface area contributed by atoms with Crippen molar-refractivity contribution in [2.24, 2.45) is 5.73 Å². The minimum absolute atomic E-state index is 0.112. The van der Waals surface area contributed by atoms with Crippen LogP contribution in [-0.4, -0.2) is 11.1 Å². The maximum absolute atomic E-state index is 6.26. The molecule has 0 spiro atoms. The van der Waals surface area contributed by atoms with E-state index in [2.05, 4.69) is 4.98 Å². The van der Waals surface area contributed by atoms with Crippen LogP contribution in [0.15, 0.2) is 23.8 Å². The maximum atomic E-state index is 6.26. The fraction of sp³-hybridized carbons (Fsp3) is 0.357. The van der Waals surface area contributed by atoms with E-state index >= 15 is 0 Å². The number of pyridine rings is 1. The normalized spacial score (nSPS) is 12.7. The molecule has 0 aliphatic heterocycles. The molecule has 0 radical (unpaired) electrons. The minimum atomic E-state index is -0.269. The van der Waals surface area contributed by atoms with E-state index in [1.807, 2.05) is 32.2 Å². The second-order valence-corrected chi connectivity index (χ2v) is 5.98. The summed E-state index contributed by atoms with van der Waals surface area (Å²) in [6.45, 7) is 5.93. The zero-order valence-electron chi connectivity index (χ0n) is 11.2. The van der Waals surface area contributed by atoms with E-state index < -0.39 is 0 Å². The van der Waals surface area contributed by atoms with Crippen LogP contribution in [0.5, 0.6) is 5.75 Å². The number of hydrogen-bond acceptors (Lipinski definition) is 4. The fourth-order valence-electron chi connectivity index (χ4n) is 1.75. The number of aromatic nitrogens is 1. The smallest absolute Gasteiger partial charge is 0.138 e. The number of hydrogen-bond donors (Lipinski definition) is 1. The molecule has 0 aliphatic carbocycles. The van der Waals surface area contributed by atoms with Crippen LogP contribution in [0.2, 0.25) is 5.02 Å². The van der Waals surface area contributed by atoms with Crippen LogP contribution in [0.3, 0.4) is 0 Å². The highest BCUT2D eigenvalue weighted by atomic mass is 35.5. The molecular formula is C14H17ClN2OS. The number of halogens is 1. The summed E-state index contributed by atoms with van der Waals surface area (Å²) < 4.78 is 5.63. The van der Waals surface area contributed by atoms with E-state index in [0.717, 1.165) is 26.8 Å². The van der Waals surface area contributed by atoms with Crippen LogP contribution in [0.4, 0.5) is 0 Å². The Hall–Kier alpha value is -1.10. The van der Waals surface area contributed by atoms with Gasteiger partial charge in [0.2, 0.25) is 0 Å². The fourth-order valence-corrected chi connectivity index (χ4v) is 3.09. The predicted molar refractivity (Wildman–Crippen MR) is 80.1 cm³/mol. The van der Waals surface area contributed by atoms with Crippen LogP contribution < -0.4 is 10.5 Å². The molecule has 0 aliphatic rings. The topological polar surface area (TPSA) is 48.1 Å². The van der Waals surface area contributed by atoms with Gasteiger partial charge in [0.05, 0.1) is 23.4 Å². The Morgan fingerprint density at radius 2 is 2.11 bits per heavy atom. The molecule has 2 N–H and O–H groups in total. The Balaban J connectivity index is 2.28. The van der Waals surface area contributed by atoms with Gasteiger partial charge in [-0.1, -0.05) is 11.6 Å². The Bertz CT molecular complexity index is 568. The lowest BCUT2D eigenvalue weighted by Crippen LogP contribution is -2.12. The largest absolute Gasteiger partial charge is 0.489 e. The summed E-state index contributed by atoms with van der Waals surface area (Å²) in [4.78, 5) is 5.14. The van der Waals surface area contributed by atoms with Crippen molar-refractivity contribution < 1.29 is 4.74 Å². The number of thiophene rings is 1. The molecule has 0 saturated carbocycles. The lowest BCUT2D eigenvalue weighted by atomic mass is 10.1. The van der Waals surface area contributed by atoms with Gasteiger partial charge in [-0.15, -0.1) is 11.3 Å². The summed E-state index contributed by atoms with van der Waals surface area (Å²) in [7, 11) is 0. The number of aryl methyl sites for hydroxylation is 1. The third-order valence-corrected chi connectivity index (χ3v) is 4.47. The molecule has 2 aromatic rings. The van der Waals surface area contributed by atoms with E-state index in [1.54, 1.807) is 23.7 Å². The quantitative estimate of drug-likeness (QED) is 0.929. The minimum Gasteiger partial charge on any atom is -0.489 e. The van der Waals surface area contributed by atoms with Gasteiger partial charge >= 0.3 is 0 Å². The third kappa shape index (κ3) is 3.26. The molecule has 102 valence electrons. The van der Waals surface area contributed by atoms with Gasteiger partial charge in [0.1, 0.15) is 5.75 Å². The highest BCUT2D eigenvalue weighted by Gasteiger charge is 2.17. The van der Waals surface area contributed by atoms with Gasteiger partial charge in [-0.25, -0.2) is 0 Å². The van der Waals surface area contributed by atoms with Crippen molar-refractivity contribution in [3.8, 4) is 5.75 Å². The average molecular weight is 297 g/mol. The zero-order chi connectivity index (χ0) is 14.0. The van der Waals surface area contributed by atoms with Crippen molar-refractivity contribution in [1.82, 2.24) is 4.98 Å². The summed E-state index contributed by atoms with van der Waals surface area (Å²) in [5.41, 5.74) is 8.22. The monoisotopic (exact) mass is 296 g/mol. The van der Waals surface area contributed by atoms with E-state index in [9.17, 15) is 0 Å². The summed E-state index contributed by atoms with van der Waals surface area (Å²) >= 11 is 7.83. The Morgan fingerprint density at radius 3 is 2.68 bits per heavy atom. The molecule has 2 heterocycles. The van der Waals surface area contributed by atoms with Gasteiger partial charge in [-0.2, -0.15) is 0 Å². The molecule has 0 fully saturated rings. The van der Waals surface area contributed by atoms with Crippen LogP contribution in [0.1, 0.15) is 35.9 Å². The first-order valence-electron chi connectivity index (χ1n) is 6.09. The summed E-state index contributed by atoms with van der Waals surface area (Å²) in [6, 6.07) is 1.65. The molecule has 2 aromatic heterocycles. The first kappa shape index (κ1) is 14.3. The van der Waals surface area contributed by atoms with Crippen LogP contribution >= 0.6 is 22.9 Å². The maximum Gasteiger partial charge on any atom is 0.138 e. The van der Waals surface area contributed by atoms with E-state index in [0.29, 0.717) is 0 Å². The first-order chi connectivity index (χ1) is 8.99.